The summed E-state index contributed by atoms with van der Waals surface area (Å²) < 4.78 is 0. The van der Waals surface area contributed by atoms with Gasteiger partial charge in [0.15, 0.2) is 0 Å². The van der Waals surface area contributed by atoms with Gasteiger partial charge in [-0.05, 0) is 65.8 Å². The Morgan fingerprint density at radius 3 is 2.73 bits per heavy atom. The predicted octanol–water partition coefficient (Wildman–Crippen LogP) is 3.25. The van der Waals surface area contributed by atoms with Crippen LogP contribution in [0.25, 0.3) is 21.9 Å². The Bertz CT molecular complexity index is 1230. The van der Waals surface area contributed by atoms with Crippen molar-refractivity contribution in [2.45, 2.75) is 13.3 Å². The maximum absolute atomic E-state index is 12.2. The summed E-state index contributed by atoms with van der Waals surface area (Å²) in [5.74, 6) is -0.396. The molecule has 0 saturated heterocycles. The molecule has 0 spiro atoms. The number of anilines is 2. The van der Waals surface area contributed by atoms with Crippen LogP contribution >= 0.6 is 0 Å². The Hall–Kier alpha value is -3.92. The Morgan fingerprint density at radius 1 is 1.23 bits per heavy atom. The smallest absolute Gasteiger partial charge is 0.251 e. The van der Waals surface area contributed by atoms with Gasteiger partial charge in [-0.1, -0.05) is 6.07 Å². The summed E-state index contributed by atoms with van der Waals surface area (Å²) in [6, 6.07) is 13.2. The Morgan fingerprint density at radius 2 is 2.03 bits per heavy atom. The summed E-state index contributed by atoms with van der Waals surface area (Å²) in [6.45, 7) is 1.98. The Labute approximate surface area is 173 Å². The summed E-state index contributed by atoms with van der Waals surface area (Å²) in [4.78, 5) is 28.6. The highest BCUT2D eigenvalue weighted by Gasteiger charge is 2.43. The van der Waals surface area contributed by atoms with E-state index in [0.29, 0.717) is 23.5 Å². The number of aromatic nitrogens is 1. The van der Waals surface area contributed by atoms with Gasteiger partial charge in [-0.25, -0.2) is 4.98 Å². The highest BCUT2D eigenvalue weighted by molar-refractivity contribution is 6.01. The Kier molecular flexibility index (Phi) is 4.84. The van der Waals surface area contributed by atoms with Crippen LogP contribution in [0.2, 0.25) is 0 Å². The zero-order valence-corrected chi connectivity index (χ0v) is 16.7. The number of nitriles is 1. The second-order valence-corrected chi connectivity index (χ2v) is 7.53. The van der Waals surface area contributed by atoms with E-state index in [-0.39, 0.29) is 23.7 Å². The second-order valence-electron chi connectivity index (χ2n) is 7.53. The number of carbonyl (C=O) groups excluding carboxylic acids is 2. The van der Waals surface area contributed by atoms with E-state index in [1.165, 1.54) is 0 Å². The lowest BCUT2D eigenvalue weighted by Crippen LogP contribution is -2.17. The molecule has 0 aliphatic heterocycles. The lowest BCUT2D eigenvalue weighted by atomic mass is 9.95. The van der Waals surface area contributed by atoms with E-state index in [9.17, 15) is 9.59 Å². The summed E-state index contributed by atoms with van der Waals surface area (Å²) in [6.07, 6.45) is 2.22. The zero-order valence-electron chi connectivity index (χ0n) is 16.7. The van der Waals surface area contributed by atoms with Crippen molar-refractivity contribution in [2.24, 2.45) is 11.8 Å². The van der Waals surface area contributed by atoms with Crippen molar-refractivity contribution >= 4 is 34.1 Å². The average molecular weight is 399 g/mol. The van der Waals surface area contributed by atoms with Gasteiger partial charge in [0.05, 0.1) is 17.9 Å². The molecule has 1 aliphatic rings. The third-order valence-electron chi connectivity index (χ3n) is 5.45. The number of nitrogens with one attached hydrogen (secondary N) is 2. The number of fused-ring (bicyclic) bond motifs is 1. The number of amides is 2. The standard InChI is InChI=1S/C23H21N5O2/c1-12-3-4-13(22(29)26-2)6-17(12)14-5-15-9-21(27-11-19(15)20(25)8-14)28-23(30)18-7-16(18)10-24/h3-6,8-9,11,16,18H,7,25H2,1-2H3,(H,26,29)(H,27,28,30). The van der Waals surface area contributed by atoms with Crippen LogP contribution in [0.3, 0.4) is 0 Å². The molecular formula is C23H21N5O2. The highest BCUT2D eigenvalue weighted by atomic mass is 16.2. The van der Waals surface area contributed by atoms with Crippen LogP contribution in [-0.4, -0.2) is 23.8 Å². The molecule has 1 aromatic heterocycles. The van der Waals surface area contributed by atoms with Crippen molar-refractivity contribution in [2.75, 3.05) is 18.1 Å². The van der Waals surface area contributed by atoms with E-state index in [2.05, 4.69) is 21.7 Å². The number of pyridine rings is 1. The van der Waals surface area contributed by atoms with Gasteiger partial charge < -0.3 is 16.4 Å². The van der Waals surface area contributed by atoms with E-state index in [1.54, 1.807) is 25.4 Å². The van der Waals surface area contributed by atoms with Crippen LogP contribution in [0.15, 0.2) is 42.6 Å². The van der Waals surface area contributed by atoms with Crippen LogP contribution < -0.4 is 16.4 Å². The van der Waals surface area contributed by atoms with Crippen molar-refractivity contribution in [1.82, 2.24) is 10.3 Å². The maximum atomic E-state index is 12.2. The molecule has 7 nitrogen and oxygen atoms in total. The lowest BCUT2D eigenvalue weighted by Gasteiger charge is -2.12. The topological polar surface area (TPSA) is 121 Å². The number of nitrogens with two attached hydrogens (primary N) is 1. The third-order valence-corrected chi connectivity index (χ3v) is 5.45. The molecule has 30 heavy (non-hydrogen) atoms. The zero-order chi connectivity index (χ0) is 21.4. The first-order chi connectivity index (χ1) is 14.4. The first-order valence-electron chi connectivity index (χ1n) is 9.64. The molecule has 4 rings (SSSR count). The first kappa shape index (κ1) is 19.4. The molecule has 1 aliphatic carbocycles. The number of nitrogens with zero attached hydrogens (tertiary/aromatic N) is 2. The number of rotatable bonds is 4. The predicted molar refractivity (Wildman–Crippen MR) is 116 cm³/mol. The van der Waals surface area contributed by atoms with Gasteiger partial charge in [0.1, 0.15) is 5.82 Å². The van der Waals surface area contributed by atoms with Crippen molar-refractivity contribution in [3.05, 3.63) is 53.7 Å². The van der Waals surface area contributed by atoms with E-state index in [4.69, 9.17) is 11.0 Å². The highest BCUT2D eigenvalue weighted by Crippen LogP contribution is 2.38. The molecular weight excluding hydrogens is 378 g/mol. The van der Waals surface area contributed by atoms with E-state index in [0.717, 1.165) is 27.5 Å². The van der Waals surface area contributed by atoms with Crippen molar-refractivity contribution in [1.29, 1.82) is 5.26 Å². The maximum Gasteiger partial charge on any atom is 0.251 e. The molecule has 2 amide bonds. The number of nitrogen functional groups attached to an aromatic ring is 1. The first-order valence-corrected chi connectivity index (χ1v) is 9.64. The van der Waals surface area contributed by atoms with Gasteiger partial charge in [-0.3, -0.25) is 9.59 Å². The van der Waals surface area contributed by atoms with Crippen LogP contribution in [0.4, 0.5) is 11.5 Å². The average Bonchev–Trinajstić information content (AvgIpc) is 3.53. The van der Waals surface area contributed by atoms with Crippen LogP contribution in [0, 0.1) is 30.1 Å². The molecule has 1 heterocycles. The number of aryl methyl sites for hydroxylation is 1. The molecule has 0 radical (unpaired) electrons. The monoisotopic (exact) mass is 399 g/mol. The molecule has 2 unspecified atom stereocenters. The molecule has 3 aromatic rings. The van der Waals surface area contributed by atoms with E-state index in [1.807, 2.05) is 31.2 Å². The van der Waals surface area contributed by atoms with Gasteiger partial charge in [-0.15, -0.1) is 0 Å². The van der Waals surface area contributed by atoms with Gasteiger partial charge in [0.2, 0.25) is 5.91 Å². The fraction of sp³-hybridized carbons (Fsp3) is 0.217. The molecule has 4 N–H and O–H groups in total. The molecule has 7 heteroatoms. The summed E-state index contributed by atoms with van der Waals surface area (Å²) in [5, 5.41) is 15.9. The number of hydrogen-bond donors (Lipinski definition) is 3. The molecule has 1 fully saturated rings. The normalized spacial score (nSPS) is 17.2. The van der Waals surface area contributed by atoms with Crippen molar-refractivity contribution < 1.29 is 9.59 Å². The second kappa shape index (κ2) is 7.48. The third kappa shape index (κ3) is 3.55. The molecule has 0 bridgehead atoms. The van der Waals surface area contributed by atoms with E-state index < -0.39 is 0 Å². The van der Waals surface area contributed by atoms with Crippen LogP contribution in [-0.2, 0) is 4.79 Å². The van der Waals surface area contributed by atoms with Gasteiger partial charge in [-0.2, -0.15) is 5.26 Å². The van der Waals surface area contributed by atoms with Crippen molar-refractivity contribution in [3.63, 3.8) is 0 Å². The Balaban J connectivity index is 1.71. The van der Waals surface area contributed by atoms with Gasteiger partial charge in [0, 0.05) is 29.9 Å². The summed E-state index contributed by atoms with van der Waals surface area (Å²) >= 11 is 0. The molecule has 1 saturated carbocycles. The minimum absolute atomic E-state index is 0.157. The molecule has 150 valence electrons. The largest absolute Gasteiger partial charge is 0.398 e. The molecule has 2 atom stereocenters. The molecule has 2 aromatic carbocycles. The quantitative estimate of drug-likeness (QED) is 0.582. The van der Waals surface area contributed by atoms with Crippen LogP contribution in [0.5, 0.6) is 0 Å². The van der Waals surface area contributed by atoms with Crippen molar-refractivity contribution in [3.8, 4) is 17.2 Å². The van der Waals surface area contributed by atoms with E-state index >= 15 is 0 Å². The number of hydrogen-bond acceptors (Lipinski definition) is 5. The van der Waals surface area contributed by atoms with Crippen LogP contribution in [0.1, 0.15) is 22.3 Å². The van der Waals surface area contributed by atoms with Gasteiger partial charge in [0.25, 0.3) is 5.91 Å². The number of benzene rings is 2. The minimum Gasteiger partial charge on any atom is -0.398 e. The number of carbonyl (C=O) groups is 2. The fourth-order valence-electron chi connectivity index (χ4n) is 3.57. The van der Waals surface area contributed by atoms with Gasteiger partial charge >= 0.3 is 0 Å². The lowest BCUT2D eigenvalue weighted by molar-refractivity contribution is -0.117. The fourth-order valence-corrected chi connectivity index (χ4v) is 3.57. The summed E-state index contributed by atoms with van der Waals surface area (Å²) in [5.41, 5.74) is 10.2. The SMILES string of the molecule is CNC(=O)c1ccc(C)c(-c2cc(N)c3cnc(NC(=O)C4CC4C#N)cc3c2)c1. The minimum atomic E-state index is -0.265. The summed E-state index contributed by atoms with van der Waals surface area (Å²) in [7, 11) is 1.60.